The van der Waals surface area contributed by atoms with Crippen LogP contribution >= 0.6 is 11.3 Å². The Kier molecular flexibility index (Phi) is 4.24. The summed E-state index contributed by atoms with van der Waals surface area (Å²) < 4.78 is 1.39. The average Bonchev–Trinajstić information content (AvgIpc) is 3.47. The quantitative estimate of drug-likeness (QED) is 0.278. The maximum atomic E-state index is 13.6. The van der Waals surface area contributed by atoms with Crippen molar-refractivity contribution in [2.75, 3.05) is 5.32 Å². The topological polar surface area (TPSA) is 105 Å². The number of nitrogens with zero attached hydrogens (tertiary/aromatic N) is 3. The Balaban J connectivity index is 1.56. The molecule has 0 amide bonds. The molecule has 6 rings (SSSR count). The number of non-ortho nitro benzene ring substituents is 1. The Hall–Kier alpha value is -4.50. The van der Waals surface area contributed by atoms with Gasteiger partial charge < -0.3 is 5.32 Å². The molecule has 0 bridgehead atoms. The smallest absolute Gasteiger partial charge is 0.282 e. The molecular formula is C24H15N5O3S. The summed E-state index contributed by atoms with van der Waals surface area (Å²) in [5, 5.41) is 21.6. The molecule has 3 heterocycles. The van der Waals surface area contributed by atoms with Crippen LogP contribution in [0, 0.1) is 10.1 Å². The fraction of sp³-hybridized carbons (Fsp3) is 0. The van der Waals surface area contributed by atoms with Crippen LogP contribution in [0.3, 0.4) is 0 Å². The highest BCUT2D eigenvalue weighted by Crippen LogP contribution is 2.37. The van der Waals surface area contributed by atoms with Gasteiger partial charge in [-0.15, -0.1) is 11.3 Å². The second kappa shape index (κ2) is 7.28. The van der Waals surface area contributed by atoms with Crippen molar-refractivity contribution in [3.05, 3.63) is 104 Å². The van der Waals surface area contributed by atoms with Crippen molar-refractivity contribution in [2.24, 2.45) is 4.99 Å². The number of aromatic nitrogens is 2. The van der Waals surface area contributed by atoms with Gasteiger partial charge in [0.2, 0.25) is 0 Å². The number of hydrogen-bond acceptors (Lipinski definition) is 6. The maximum absolute atomic E-state index is 13.6. The summed E-state index contributed by atoms with van der Waals surface area (Å²) in [4.78, 5) is 29.9. The van der Waals surface area contributed by atoms with Gasteiger partial charge in [-0.05, 0) is 41.1 Å². The van der Waals surface area contributed by atoms with Gasteiger partial charge >= 0.3 is 0 Å². The van der Waals surface area contributed by atoms with E-state index in [-0.39, 0.29) is 11.2 Å². The second-order valence-electron chi connectivity index (χ2n) is 7.52. The number of H-pyrrole nitrogens is 1. The molecule has 0 unspecified atom stereocenters. The largest absolute Gasteiger partial charge is 0.339 e. The van der Waals surface area contributed by atoms with Gasteiger partial charge in [0.15, 0.2) is 0 Å². The number of nitro benzene ring substituents is 1. The van der Waals surface area contributed by atoms with Crippen molar-refractivity contribution < 1.29 is 4.92 Å². The van der Waals surface area contributed by atoms with Crippen LogP contribution < -0.4 is 10.9 Å². The minimum Gasteiger partial charge on any atom is -0.339 e. The summed E-state index contributed by atoms with van der Waals surface area (Å²) in [6.07, 6.45) is 0. The lowest BCUT2D eigenvalue weighted by molar-refractivity contribution is -0.384. The van der Waals surface area contributed by atoms with Crippen LogP contribution in [-0.4, -0.2) is 20.5 Å². The molecule has 5 aromatic rings. The maximum Gasteiger partial charge on any atom is 0.282 e. The summed E-state index contributed by atoms with van der Waals surface area (Å²) in [6.45, 7) is 0. The van der Waals surface area contributed by atoms with Gasteiger partial charge in [0.1, 0.15) is 11.4 Å². The molecule has 0 atom stereocenters. The van der Waals surface area contributed by atoms with E-state index in [1.807, 2.05) is 53.9 Å². The number of amidine groups is 1. The number of hydrogen-bond donors (Lipinski definition) is 2. The van der Waals surface area contributed by atoms with E-state index in [1.165, 1.54) is 28.2 Å². The van der Waals surface area contributed by atoms with Gasteiger partial charge in [-0.1, -0.05) is 30.3 Å². The van der Waals surface area contributed by atoms with Gasteiger partial charge in [0.05, 0.1) is 26.9 Å². The number of nitrogens with one attached hydrogen (secondary N) is 2. The molecule has 2 N–H and O–H groups in total. The van der Waals surface area contributed by atoms with Gasteiger partial charge in [-0.2, -0.15) is 0 Å². The normalized spacial score (nSPS) is 12.4. The predicted molar refractivity (Wildman–Crippen MR) is 130 cm³/mol. The molecule has 9 heteroatoms. The standard InChI is InChI=1S/C24H15N5O3S/c30-24-21(23-25-17-6-1-4-14-5-2-7-18(26-23)20(14)17)22(19-8-3-13-33-19)27-28(24)15-9-11-16(12-10-15)29(31)32/h1-13,27H,(H,25,26). The van der Waals surface area contributed by atoms with Crippen LogP contribution in [0.4, 0.5) is 17.1 Å². The molecule has 0 saturated heterocycles. The zero-order valence-electron chi connectivity index (χ0n) is 17.0. The lowest BCUT2D eigenvalue weighted by Crippen LogP contribution is -2.26. The van der Waals surface area contributed by atoms with Crippen LogP contribution in [0.1, 0.15) is 5.56 Å². The number of thiophene rings is 1. The van der Waals surface area contributed by atoms with E-state index in [2.05, 4.69) is 10.4 Å². The molecule has 3 aromatic carbocycles. The van der Waals surface area contributed by atoms with Crippen LogP contribution in [0.5, 0.6) is 0 Å². The first kappa shape index (κ1) is 19.2. The van der Waals surface area contributed by atoms with Crippen LogP contribution in [0.25, 0.3) is 27.0 Å². The van der Waals surface area contributed by atoms with Gasteiger partial charge in [0.25, 0.3) is 11.2 Å². The average molecular weight is 453 g/mol. The second-order valence-corrected chi connectivity index (χ2v) is 8.47. The zero-order valence-corrected chi connectivity index (χ0v) is 17.8. The number of aliphatic imine (C=N–C) groups is 1. The summed E-state index contributed by atoms with van der Waals surface area (Å²) in [7, 11) is 0. The van der Waals surface area contributed by atoms with E-state index in [4.69, 9.17) is 4.99 Å². The highest BCUT2D eigenvalue weighted by molar-refractivity contribution is 7.13. The van der Waals surface area contributed by atoms with Gasteiger partial charge in [-0.3, -0.25) is 20.0 Å². The van der Waals surface area contributed by atoms with Crippen molar-refractivity contribution in [1.82, 2.24) is 9.78 Å². The molecule has 0 fully saturated rings. The van der Waals surface area contributed by atoms with E-state index in [9.17, 15) is 14.9 Å². The zero-order chi connectivity index (χ0) is 22.5. The fourth-order valence-electron chi connectivity index (χ4n) is 4.07. The molecule has 0 saturated carbocycles. The molecule has 1 aliphatic rings. The summed E-state index contributed by atoms with van der Waals surface area (Å²) in [6, 6.07) is 21.5. The lowest BCUT2D eigenvalue weighted by Gasteiger charge is -2.18. The highest BCUT2D eigenvalue weighted by atomic mass is 32.1. The highest BCUT2D eigenvalue weighted by Gasteiger charge is 2.25. The molecule has 0 radical (unpaired) electrons. The Morgan fingerprint density at radius 3 is 2.48 bits per heavy atom. The van der Waals surface area contributed by atoms with Gasteiger partial charge in [-0.25, -0.2) is 9.67 Å². The van der Waals surface area contributed by atoms with Crippen molar-refractivity contribution >= 4 is 45.0 Å². The number of benzene rings is 3. The number of aromatic amines is 1. The summed E-state index contributed by atoms with van der Waals surface area (Å²) >= 11 is 1.50. The summed E-state index contributed by atoms with van der Waals surface area (Å²) in [5.41, 5.74) is 2.86. The number of nitro groups is 1. The monoisotopic (exact) mass is 453 g/mol. The van der Waals surface area contributed by atoms with E-state index in [0.717, 1.165) is 27.0 Å². The Labute approximate surface area is 190 Å². The van der Waals surface area contributed by atoms with Crippen molar-refractivity contribution in [2.45, 2.75) is 0 Å². The van der Waals surface area contributed by atoms with Crippen LogP contribution in [-0.2, 0) is 0 Å². The molecule has 1 aliphatic heterocycles. The SMILES string of the molecule is O=c1c(C2=Nc3cccc4cccc(c34)N2)c(-c2cccs2)[nH]n1-c1ccc([N+](=O)[O-])cc1. The minimum absolute atomic E-state index is 0.0416. The molecule has 33 heavy (non-hydrogen) atoms. The first-order valence-electron chi connectivity index (χ1n) is 10.1. The molecule has 0 spiro atoms. The molecule has 2 aromatic heterocycles. The van der Waals surface area contributed by atoms with E-state index in [1.54, 1.807) is 12.1 Å². The fourth-order valence-corrected chi connectivity index (χ4v) is 4.80. The third-order valence-corrected chi connectivity index (χ3v) is 6.47. The van der Waals surface area contributed by atoms with E-state index >= 15 is 0 Å². The Morgan fingerprint density at radius 1 is 0.970 bits per heavy atom. The summed E-state index contributed by atoms with van der Waals surface area (Å²) in [5.74, 6) is 0.450. The van der Waals surface area contributed by atoms with Gasteiger partial charge in [0, 0.05) is 23.2 Å². The Morgan fingerprint density at radius 2 is 1.76 bits per heavy atom. The molecular weight excluding hydrogens is 438 g/mol. The Bertz CT molecular complexity index is 1620. The molecule has 0 aliphatic carbocycles. The van der Waals surface area contributed by atoms with Crippen molar-refractivity contribution in [1.29, 1.82) is 0 Å². The van der Waals surface area contributed by atoms with E-state index in [0.29, 0.717) is 22.8 Å². The number of anilines is 1. The first-order valence-corrected chi connectivity index (χ1v) is 11.0. The third kappa shape index (κ3) is 3.06. The minimum atomic E-state index is -0.470. The molecule has 8 nitrogen and oxygen atoms in total. The van der Waals surface area contributed by atoms with Crippen LogP contribution in [0.15, 0.2) is 88.0 Å². The third-order valence-electron chi connectivity index (χ3n) is 5.58. The van der Waals surface area contributed by atoms with Crippen molar-refractivity contribution in [3.8, 4) is 16.3 Å². The van der Waals surface area contributed by atoms with Crippen molar-refractivity contribution in [3.63, 3.8) is 0 Å². The molecule has 160 valence electrons. The van der Waals surface area contributed by atoms with Crippen LogP contribution in [0.2, 0.25) is 0 Å². The predicted octanol–water partition coefficient (Wildman–Crippen LogP) is 5.46. The van der Waals surface area contributed by atoms with E-state index < -0.39 is 4.92 Å². The first-order chi connectivity index (χ1) is 16.1. The number of rotatable bonds is 4. The lowest BCUT2D eigenvalue weighted by atomic mass is 10.0.